The molecule has 1 fully saturated rings. The maximum atomic E-state index is 12.2. The molecule has 4 heterocycles. The lowest BCUT2D eigenvalue weighted by atomic mass is 10.2. The van der Waals surface area contributed by atoms with Crippen molar-refractivity contribution in [2.24, 2.45) is 0 Å². The molecule has 8 heteroatoms. The summed E-state index contributed by atoms with van der Waals surface area (Å²) in [6.07, 6.45) is 10.7. The lowest BCUT2D eigenvalue weighted by Gasteiger charge is -2.24. The molecule has 1 unspecified atom stereocenters. The zero-order valence-electron chi connectivity index (χ0n) is 13.1. The molecule has 0 saturated carbocycles. The van der Waals surface area contributed by atoms with Gasteiger partial charge in [0.1, 0.15) is 6.33 Å². The van der Waals surface area contributed by atoms with Crippen LogP contribution in [0.15, 0.2) is 54.1 Å². The molecule has 0 aromatic carbocycles. The van der Waals surface area contributed by atoms with E-state index in [-0.39, 0.29) is 11.6 Å². The fraction of sp³-hybridized carbons (Fsp3) is 0.312. The van der Waals surface area contributed by atoms with Crippen molar-refractivity contribution in [3.05, 3.63) is 59.7 Å². The third-order valence-corrected chi connectivity index (χ3v) is 4.19. The van der Waals surface area contributed by atoms with E-state index in [1.165, 1.54) is 4.68 Å². The van der Waals surface area contributed by atoms with E-state index in [1.54, 1.807) is 53.9 Å². The number of anilines is 1. The maximum absolute atomic E-state index is 12.2. The molecule has 3 aromatic heterocycles. The molecule has 0 spiro atoms. The summed E-state index contributed by atoms with van der Waals surface area (Å²) in [7, 11) is 0. The zero-order valence-corrected chi connectivity index (χ0v) is 13.1. The molecule has 0 amide bonds. The highest BCUT2D eigenvalue weighted by molar-refractivity contribution is 5.32. The average molecular weight is 323 g/mol. The Morgan fingerprint density at radius 2 is 2.04 bits per heavy atom. The van der Waals surface area contributed by atoms with Crippen LogP contribution in [-0.2, 0) is 6.54 Å². The molecule has 0 aliphatic carbocycles. The largest absolute Gasteiger partial charge is 0.336 e. The van der Waals surface area contributed by atoms with Crippen molar-refractivity contribution in [2.75, 3.05) is 11.4 Å². The van der Waals surface area contributed by atoms with Gasteiger partial charge in [0.15, 0.2) is 5.82 Å². The smallest absolute Gasteiger partial charge is 0.266 e. The van der Waals surface area contributed by atoms with E-state index in [0.717, 1.165) is 19.4 Å². The molecule has 3 aromatic rings. The van der Waals surface area contributed by atoms with Gasteiger partial charge in [0.25, 0.3) is 5.56 Å². The number of rotatable bonds is 4. The minimum absolute atomic E-state index is 0.111. The molecule has 0 N–H and O–H groups in total. The van der Waals surface area contributed by atoms with Gasteiger partial charge in [-0.1, -0.05) is 0 Å². The summed E-state index contributed by atoms with van der Waals surface area (Å²) in [6, 6.07) is 5.21. The zero-order chi connectivity index (χ0) is 16.4. The standard InChI is InChI=1S/C16H17N7O/c24-15-5-4-14(21-10-8-17-12-21)20-23(15)11-13-3-1-9-22(13)16-18-6-2-7-19-16/h2,4-8,10,12-13H,1,3,9,11H2. The molecule has 24 heavy (non-hydrogen) atoms. The van der Waals surface area contributed by atoms with Gasteiger partial charge in [0.05, 0.1) is 12.6 Å². The quantitative estimate of drug-likeness (QED) is 0.709. The monoisotopic (exact) mass is 323 g/mol. The number of aromatic nitrogens is 6. The summed E-state index contributed by atoms with van der Waals surface area (Å²) in [5.41, 5.74) is -0.111. The summed E-state index contributed by atoms with van der Waals surface area (Å²) in [5.74, 6) is 1.38. The van der Waals surface area contributed by atoms with Crippen LogP contribution in [0.3, 0.4) is 0 Å². The second-order valence-corrected chi connectivity index (χ2v) is 5.72. The first-order chi connectivity index (χ1) is 11.8. The van der Waals surface area contributed by atoms with Crippen LogP contribution in [0.1, 0.15) is 12.8 Å². The first-order valence-electron chi connectivity index (χ1n) is 7.91. The van der Waals surface area contributed by atoms with Crippen LogP contribution in [-0.4, -0.2) is 41.9 Å². The Balaban J connectivity index is 1.60. The fourth-order valence-corrected chi connectivity index (χ4v) is 3.03. The van der Waals surface area contributed by atoms with Gasteiger partial charge in [-0.25, -0.2) is 19.6 Å². The van der Waals surface area contributed by atoms with Crippen LogP contribution >= 0.6 is 0 Å². The first kappa shape index (κ1) is 14.6. The fourth-order valence-electron chi connectivity index (χ4n) is 3.03. The highest BCUT2D eigenvalue weighted by atomic mass is 16.1. The second-order valence-electron chi connectivity index (χ2n) is 5.72. The molecule has 1 aliphatic heterocycles. The highest BCUT2D eigenvalue weighted by Gasteiger charge is 2.27. The van der Waals surface area contributed by atoms with E-state index >= 15 is 0 Å². The normalized spacial score (nSPS) is 17.3. The van der Waals surface area contributed by atoms with Crippen LogP contribution in [0, 0.1) is 0 Å². The lowest BCUT2D eigenvalue weighted by molar-refractivity contribution is 0.482. The van der Waals surface area contributed by atoms with Gasteiger partial charge in [-0.15, -0.1) is 0 Å². The Hall–Kier alpha value is -3.03. The van der Waals surface area contributed by atoms with Gasteiger partial charge in [-0.2, -0.15) is 5.10 Å². The Bertz CT molecular complexity index is 860. The van der Waals surface area contributed by atoms with E-state index < -0.39 is 0 Å². The van der Waals surface area contributed by atoms with Crippen LogP contribution in [0.25, 0.3) is 5.82 Å². The number of imidazole rings is 1. The van der Waals surface area contributed by atoms with Crippen molar-refractivity contribution < 1.29 is 0 Å². The van der Waals surface area contributed by atoms with Gasteiger partial charge in [0.2, 0.25) is 5.95 Å². The highest BCUT2D eigenvalue weighted by Crippen LogP contribution is 2.22. The lowest BCUT2D eigenvalue weighted by Crippen LogP contribution is -2.38. The van der Waals surface area contributed by atoms with Crippen molar-refractivity contribution in [3.8, 4) is 5.82 Å². The van der Waals surface area contributed by atoms with Gasteiger partial charge in [0, 0.05) is 37.4 Å². The van der Waals surface area contributed by atoms with E-state index in [1.807, 2.05) is 0 Å². The van der Waals surface area contributed by atoms with E-state index in [0.29, 0.717) is 18.3 Å². The van der Waals surface area contributed by atoms with Crippen molar-refractivity contribution in [2.45, 2.75) is 25.4 Å². The predicted octanol–water partition coefficient (Wildman–Crippen LogP) is 0.888. The third kappa shape index (κ3) is 2.78. The topological polar surface area (TPSA) is 81.7 Å². The SMILES string of the molecule is O=c1ccc(-n2ccnc2)nn1CC1CCCN1c1ncccn1. The number of hydrogen-bond donors (Lipinski definition) is 0. The van der Waals surface area contributed by atoms with Crippen LogP contribution < -0.4 is 10.5 Å². The van der Waals surface area contributed by atoms with Crippen LogP contribution in [0.2, 0.25) is 0 Å². The Labute approximate surface area is 138 Å². The van der Waals surface area contributed by atoms with Crippen molar-refractivity contribution in [3.63, 3.8) is 0 Å². The number of hydrogen-bond acceptors (Lipinski definition) is 6. The maximum Gasteiger partial charge on any atom is 0.266 e. The van der Waals surface area contributed by atoms with Gasteiger partial charge >= 0.3 is 0 Å². The van der Waals surface area contributed by atoms with E-state index in [4.69, 9.17) is 0 Å². The van der Waals surface area contributed by atoms with Crippen molar-refractivity contribution in [1.29, 1.82) is 0 Å². The summed E-state index contributed by atoms with van der Waals surface area (Å²) in [5, 5.41) is 4.47. The second kappa shape index (κ2) is 6.23. The predicted molar refractivity (Wildman–Crippen MR) is 88.0 cm³/mol. The van der Waals surface area contributed by atoms with Gasteiger partial charge in [-0.05, 0) is 25.0 Å². The number of nitrogens with zero attached hydrogens (tertiary/aromatic N) is 7. The Kier molecular flexibility index (Phi) is 3.78. The minimum atomic E-state index is -0.111. The molecule has 8 nitrogen and oxygen atoms in total. The summed E-state index contributed by atoms with van der Waals surface area (Å²) >= 11 is 0. The molecule has 1 atom stereocenters. The molecular weight excluding hydrogens is 306 g/mol. The molecule has 4 rings (SSSR count). The first-order valence-corrected chi connectivity index (χ1v) is 7.91. The van der Waals surface area contributed by atoms with Crippen LogP contribution in [0.4, 0.5) is 5.95 Å². The molecule has 122 valence electrons. The van der Waals surface area contributed by atoms with Crippen LogP contribution in [0.5, 0.6) is 0 Å². The van der Waals surface area contributed by atoms with E-state index in [9.17, 15) is 4.79 Å². The molecule has 1 saturated heterocycles. The van der Waals surface area contributed by atoms with Gasteiger partial charge < -0.3 is 4.90 Å². The summed E-state index contributed by atoms with van der Waals surface area (Å²) in [4.78, 5) is 27.0. The summed E-state index contributed by atoms with van der Waals surface area (Å²) in [6.45, 7) is 1.41. The van der Waals surface area contributed by atoms with Gasteiger partial charge in [-0.3, -0.25) is 9.36 Å². The minimum Gasteiger partial charge on any atom is -0.336 e. The average Bonchev–Trinajstić information content (AvgIpc) is 3.29. The molecular formula is C16H17N7O. The summed E-state index contributed by atoms with van der Waals surface area (Å²) < 4.78 is 3.30. The Morgan fingerprint density at radius 3 is 2.83 bits per heavy atom. The third-order valence-electron chi connectivity index (χ3n) is 4.19. The molecule has 0 radical (unpaired) electrons. The molecule has 0 bridgehead atoms. The van der Waals surface area contributed by atoms with E-state index in [2.05, 4.69) is 25.0 Å². The van der Waals surface area contributed by atoms with Crippen molar-refractivity contribution >= 4 is 5.95 Å². The van der Waals surface area contributed by atoms with Crippen molar-refractivity contribution in [1.82, 2.24) is 29.3 Å². The Morgan fingerprint density at radius 1 is 1.17 bits per heavy atom. The molecule has 1 aliphatic rings.